The first-order valence-electron chi connectivity index (χ1n) is 12.4. The third-order valence-electron chi connectivity index (χ3n) is 6.96. The van der Waals surface area contributed by atoms with Crippen molar-refractivity contribution in [3.8, 4) is 5.69 Å². The number of fused-ring (bicyclic) bond motifs is 1. The van der Waals surface area contributed by atoms with Gasteiger partial charge in [-0.05, 0) is 67.3 Å². The van der Waals surface area contributed by atoms with Gasteiger partial charge in [0.1, 0.15) is 11.5 Å². The van der Waals surface area contributed by atoms with Crippen molar-refractivity contribution in [1.82, 2.24) is 34.0 Å². The molecule has 0 bridgehead atoms. The number of benzene rings is 2. The van der Waals surface area contributed by atoms with Crippen molar-refractivity contribution in [2.75, 3.05) is 26.2 Å². The normalized spacial score (nSPS) is 17.8. The van der Waals surface area contributed by atoms with Gasteiger partial charge in [0.25, 0.3) is 10.0 Å². The van der Waals surface area contributed by atoms with Crippen LogP contribution in [0, 0.1) is 25.6 Å². The Labute approximate surface area is 216 Å². The lowest BCUT2D eigenvalue weighted by Crippen LogP contribution is -2.51. The molecule has 0 aliphatic carbocycles. The Morgan fingerprint density at radius 3 is 2.49 bits per heavy atom. The van der Waals surface area contributed by atoms with Crippen molar-refractivity contribution >= 4 is 20.9 Å². The fourth-order valence-electron chi connectivity index (χ4n) is 5.27. The molecular formula is C26H32FN7O2S. The molecule has 37 heavy (non-hydrogen) atoms. The Morgan fingerprint density at radius 2 is 1.84 bits per heavy atom. The fourth-order valence-corrected chi connectivity index (χ4v) is 6.96. The number of sulfonamides is 1. The predicted molar refractivity (Wildman–Crippen MR) is 139 cm³/mol. The molecule has 0 saturated carbocycles. The zero-order chi connectivity index (χ0) is 26.5. The molecule has 11 heteroatoms. The summed E-state index contributed by atoms with van der Waals surface area (Å²) in [4.78, 5) is 2.38. The minimum Gasteiger partial charge on any atom is -0.293 e. The van der Waals surface area contributed by atoms with Gasteiger partial charge in [-0.2, -0.15) is 9.40 Å². The summed E-state index contributed by atoms with van der Waals surface area (Å²) in [6.45, 7) is 10.3. The van der Waals surface area contributed by atoms with Crippen LogP contribution in [0.25, 0.3) is 16.6 Å². The molecule has 1 atom stereocenters. The number of aryl methyl sites for hydroxylation is 3. The van der Waals surface area contributed by atoms with Crippen LogP contribution in [0.4, 0.5) is 4.39 Å². The average molecular weight is 526 g/mol. The Balaban J connectivity index is 1.54. The molecule has 0 spiro atoms. The van der Waals surface area contributed by atoms with E-state index in [1.54, 1.807) is 41.3 Å². The monoisotopic (exact) mass is 525 g/mol. The maximum Gasteiger partial charge on any atom is 0.262 e. The lowest BCUT2D eigenvalue weighted by molar-refractivity contribution is 0.104. The molecule has 0 unspecified atom stereocenters. The molecule has 2 aromatic carbocycles. The Hall–Kier alpha value is -3.15. The van der Waals surface area contributed by atoms with Crippen molar-refractivity contribution in [2.24, 2.45) is 13.0 Å². The van der Waals surface area contributed by atoms with Crippen molar-refractivity contribution in [1.29, 1.82) is 0 Å². The topological polar surface area (TPSA) is 89.1 Å². The maximum atomic E-state index is 13.6. The highest BCUT2D eigenvalue weighted by atomic mass is 32.2. The smallest absolute Gasteiger partial charge is 0.262 e. The van der Waals surface area contributed by atoms with Crippen LogP contribution in [0.15, 0.2) is 47.6 Å². The molecule has 4 aromatic rings. The van der Waals surface area contributed by atoms with Crippen LogP contribution >= 0.6 is 0 Å². The van der Waals surface area contributed by atoms with Crippen LogP contribution in [-0.4, -0.2) is 68.6 Å². The first-order chi connectivity index (χ1) is 17.6. The largest absolute Gasteiger partial charge is 0.293 e. The van der Waals surface area contributed by atoms with Crippen LogP contribution in [0.5, 0.6) is 0 Å². The highest BCUT2D eigenvalue weighted by Gasteiger charge is 2.38. The van der Waals surface area contributed by atoms with Crippen molar-refractivity contribution < 1.29 is 12.8 Å². The molecule has 1 aliphatic rings. The molecule has 1 aliphatic heterocycles. The second-order valence-corrected chi connectivity index (χ2v) is 12.0. The van der Waals surface area contributed by atoms with Gasteiger partial charge in [-0.3, -0.25) is 4.90 Å². The molecule has 0 N–H and O–H groups in total. The summed E-state index contributed by atoms with van der Waals surface area (Å²) in [6.07, 6.45) is 1.80. The van der Waals surface area contributed by atoms with E-state index >= 15 is 0 Å². The van der Waals surface area contributed by atoms with Gasteiger partial charge in [0.05, 0.1) is 17.4 Å². The average Bonchev–Trinajstić information content (AvgIpc) is 3.41. The van der Waals surface area contributed by atoms with Crippen molar-refractivity contribution in [3.05, 3.63) is 65.2 Å². The minimum absolute atomic E-state index is 0.119. The number of rotatable bonds is 6. The zero-order valence-corrected chi connectivity index (χ0v) is 22.6. The maximum absolute atomic E-state index is 13.6. The minimum atomic E-state index is -3.77. The summed E-state index contributed by atoms with van der Waals surface area (Å²) in [5.74, 6) is 0.136. The summed E-state index contributed by atoms with van der Waals surface area (Å²) in [5.41, 5.74) is 4.22. The molecular weight excluding hydrogens is 493 g/mol. The van der Waals surface area contributed by atoms with Gasteiger partial charge in [-0.1, -0.05) is 19.1 Å². The number of aromatic nitrogens is 5. The molecule has 2 aromatic heterocycles. The number of hydrogen-bond donors (Lipinski definition) is 0. The van der Waals surface area contributed by atoms with Crippen LogP contribution in [-0.2, 0) is 17.1 Å². The van der Waals surface area contributed by atoms with E-state index in [1.165, 1.54) is 16.8 Å². The zero-order valence-electron chi connectivity index (χ0n) is 21.8. The molecule has 196 valence electrons. The van der Waals surface area contributed by atoms with Gasteiger partial charge in [-0.25, -0.2) is 22.2 Å². The summed E-state index contributed by atoms with van der Waals surface area (Å²) < 4.78 is 45.4. The quantitative estimate of drug-likeness (QED) is 0.382. The molecule has 0 radical (unpaired) electrons. The Morgan fingerprint density at radius 1 is 1.11 bits per heavy atom. The highest BCUT2D eigenvalue weighted by molar-refractivity contribution is 7.89. The lowest BCUT2D eigenvalue weighted by atomic mass is 9.96. The molecule has 5 rings (SSSR count). The van der Waals surface area contributed by atoms with E-state index in [2.05, 4.69) is 46.3 Å². The molecule has 9 nitrogen and oxygen atoms in total. The summed E-state index contributed by atoms with van der Waals surface area (Å²) in [6, 6.07) is 10.3. The summed E-state index contributed by atoms with van der Waals surface area (Å²) in [5, 5.41) is 13.5. The third-order valence-corrected chi connectivity index (χ3v) is 9.02. The fraction of sp³-hybridized carbons (Fsp3) is 0.423. The second kappa shape index (κ2) is 9.62. The predicted octanol–water partition coefficient (Wildman–Crippen LogP) is 3.61. The van der Waals surface area contributed by atoms with Crippen molar-refractivity contribution in [2.45, 2.75) is 38.8 Å². The van der Waals surface area contributed by atoms with E-state index in [9.17, 15) is 12.8 Å². The van der Waals surface area contributed by atoms with Gasteiger partial charge in [-0.15, -0.1) is 5.10 Å². The molecule has 1 saturated heterocycles. The van der Waals surface area contributed by atoms with Crippen LogP contribution in [0.2, 0.25) is 0 Å². The van der Waals surface area contributed by atoms with E-state index in [1.807, 2.05) is 6.92 Å². The van der Waals surface area contributed by atoms with E-state index in [4.69, 9.17) is 0 Å². The number of piperazine rings is 1. The first-order valence-corrected chi connectivity index (χ1v) is 13.8. The lowest BCUT2D eigenvalue weighted by Gasteiger charge is -2.42. The van der Waals surface area contributed by atoms with E-state index in [0.717, 1.165) is 34.3 Å². The number of halogens is 1. The second-order valence-electron chi connectivity index (χ2n) is 10.2. The third kappa shape index (κ3) is 4.67. The van der Waals surface area contributed by atoms with Crippen LogP contribution in [0.3, 0.4) is 0 Å². The van der Waals surface area contributed by atoms with Gasteiger partial charge in [0.2, 0.25) is 0 Å². The Bertz CT molecular complexity index is 1520. The van der Waals surface area contributed by atoms with Gasteiger partial charge >= 0.3 is 0 Å². The van der Waals surface area contributed by atoms with Crippen LogP contribution in [0.1, 0.15) is 36.7 Å². The summed E-state index contributed by atoms with van der Waals surface area (Å²) in [7, 11) is -2.16. The first kappa shape index (κ1) is 25.5. The van der Waals surface area contributed by atoms with Gasteiger partial charge in [0.15, 0.2) is 5.03 Å². The highest BCUT2D eigenvalue weighted by Crippen LogP contribution is 2.34. The van der Waals surface area contributed by atoms with E-state index in [0.29, 0.717) is 31.2 Å². The SMILES string of the molecule is Cc1cc2c(cnn2-c2ccc(F)cc2)cc1[C@H]1CN(S(=O)(=O)c2c(C)nnn2C)CCN1CC(C)C. The van der Waals surface area contributed by atoms with Gasteiger partial charge in [0, 0.05) is 44.7 Å². The molecule has 0 amide bonds. The van der Waals surface area contributed by atoms with Crippen molar-refractivity contribution in [3.63, 3.8) is 0 Å². The van der Waals surface area contributed by atoms with Gasteiger partial charge < -0.3 is 0 Å². The standard InChI is InChI=1S/C26H32FN7O2S/c1-17(2)15-32-10-11-33(37(35,36)26-19(4)29-30-31(26)5)16-25(32)23-13-20-14-28-34(24(20)12-18(23)3)22-8-6-21(27)7-9-22/h6-9,12-14,17,25H,10-11,15-16H2,1-5H3/t25-/m1/s1. The van der Waals surface area contributed by atoms with E-state index < -0.39 is 10.0 Å². The molecule has 3 heterocycles. The molecule has 1 fully saturated rings. The van der Waals surface area contributed by atoms with E-state index in [-0.39, 0.29) is 16.9 Å². The number of nitrogens with zero attached hydrogens (tertiary/aromatic N) is 7. The number of hydrogen-bond acceptors (Lipinski definition) is 6. The summed E-state index contributed by atoms with van der Waals surface area (Å²) >= 11 is 0. The van der Waals surface area contributed by atoms with Crippen LogP contribution < -0.4 is 0 Å². The Kier molecular flexibility index (Phi) is 6.63.